The smallest absolute Gasteiger partial charge is 0.408 e. The molecule has 2 aromatic heterocycles. The van der Waals surface area contributed by atoms with Crippen LogP contribution in [0.4, 0.5) is 4.79 Å². The minimum absolute atomic E-state index is 0.0524. The number of hydrogen-bond donors (Lipinski definition) is 5. The molecule has 3 saturated heterocycles. The van der Waals surface area contributed by atoms with E-state index >= 15 is 0 Å². The number of phenolic OH excluding ortho intramolecular Hbond substituents is 1. The molecule has 0 unspecified atom stereocenters. The molecule has 5 heterocycles. The predicted molar refractivity (Wildman–Crippen MR) is 189 cm³/mol. The summed E-state index contributed by atoms with van der Waals surface area (Å²) >= 11 is 0. The Hall–Kier alpha value is -5.23. The number of carbonyl (C=O) groups is 1. The van der Waals surface area contributed by atoms with Crippen molar-refractivity contribution in [3.8, 4) is 11.5 Å². The van der Waals surface area contributed by atoms with Crippen molar-refractivity contribution in [2.75, 3.05) is 26.2 Å². The summed E-state index contributed by atoms with van der Waals surface area (Å²) in [5.74, 6) is 0.946. The van der Waals surface area contributed by atoms with E-state index in [9.17, 15) is 24.9 Å². The van der Waals surface area contributed by atoms with Crippen LogP contribution in [0.15, 0.2) is 102 Å². The fourth-order valence-electron chi connectivity index (χ4n) is 7.42. The van der Waals surface area contributed by atoms with Crippen LogP contribution in [0.5, 0.6) is 11.5 Å². The van der Waals surface area contributed by atoms with Gasteiger partial charge in [0.2, 0.25) is 5.56 Å². The first-order valence-corrected chi connectivity index (χ1v) is 17.0. The number of rotatable bonds is 12. The van der Waals surface area contributed by atoms with E-state index in [4.69, 9.17) is 4.74 Å². The molecule has 0 aliphatic carbocycles. The number of aliphatic hydroxyl groups excluding tert-OH is 1. The zero-order chi connectivity index (χ0) is 34.6. The number of piperidine rings is 3. The van der Waals surface area contributed by atoms with Crippen molar-refractivity contribution in [1.82, 2.24) is 25.1 Å². The van der Waals surface area contributed by atoms with Gasteiger partial charge in [0.1, 0.15) is 18.1 Å². The topological polar surface area (TPSA) is 151 Å². The maximum absolute atomic E-state index is 13.0. The Morgan fingerprint density at radius 2 is 1.80 bits per heavy atom. The Kier molecular flexibility index (Phi) is 9.79. The summed E-state index contributed by atoms with van der Waals surface area (Å²) < 4.78 is 6.20. The van der Waals surface area contributed by atoms with Crippen LogP contribution in [0, 0.1) is 5.92 Å². The van der Waals surface area contributed by atoms with Gasteiger partial charge in [-0.15, -0.1) is 0 Å². The first kappa shape index (κ1) is 33.3. The predicted octanol–water partition coefficient (Wildman–Crippen LogP) is 5.19. The van der Waals surface area contributed by atoms with Gasteiger partial charge in [-0.05, 0) is 78.9 Å². The van der Waals surface area contributed by atoms with Gasteiger partial charge >= 0.3 is 6.09 Å². The van der Waals surface area contributed by atoms with E-state index in [1.54, 1.807) is 23.2 Å². The van der Waals surface area contributed by atoms with E-state index in [0.717, 1.165) is 54.9 Å². The van der Waals surface area contributed by atoms with Gasteiger partial charge in [-0.1, -0.05) is 54.6 Å². The number of carboxylic acid groups (broad SMARTS) is 1. The van der Waals surface area contributed by atoms with E-state index in [1.165, 1.54) is 12.1 Å². The van der Waals surface area contributed by atoms with Crippen LogP contribution in [0.2, 0.25) is 0 Å². The zero-order valence-corrected chi connectivity index (χ0v) is 27.6. The molecule has 11 heteroatoms. The van der Waals surface area contributed by atoms with Crippen LogP contribution in [0.3, 0.4) is 0 Å². The van der Waals surface area contributed by atoms with Crippen molar-refractivity contribution < 1.29 is 24.9 Å². The number of aliphatic hydroxyl groups is 1. The third-order valence-corrected chi connectivity index (χ3v) is 9.97. The van der Waals surface area contributed by atoms with Crippen LogP contribution in [0.25, 0.3) is 10.9 Å². The van der Waals surface area contributed by atoms with Gasteiger partial charge < -0.3 is 35.3 Å². The number of fused-ring (bicyclic) bond motifs is 4. The fourth-order valence-corrected chi connectivity index (χ4v) is 7.42. The van der Waals surface area contributed by atoms with Gasteiger partial charge in [0.25, 0.3) is 0 Å². The van der Waals surface area contributed by atoms with Crippen molar-refractivity contribution in [3.63, 3.8) is 0 Å². The lowest BCUT2D eigenvalue weighted by molar-refractivity contribution is -0.000812. The average Bonchev–Trinajstić information content (AvgIpc) is 3.14. The Morgan fingerprint density at radius 3 is 2.52 bits per heavy atom. The number of hydrogen-bond acceptors (Lipinski definition) is 8. The average molecular weight is 676 g/mol. The van der Waals surface area contributed by atoms with Gasteiger partial charge in [0.15, 0.2) is 0 Å². The summed E-state index contributed by atoms with van der Waals surface area (Å²) in [5, 5.41) is 35.4. The molecule has 0 radical (unpaired) electrons. The molecule has 3 aliphatic heterocycles. The van der Waals surface area contributed by atoms with Gasteiger partial charge in [-0.2, -0.15) is 0 Å². The summed E-state index contributed by atoms with van der Waals surface area (Å²) in [6.07, 6.45) is 2.02. The monoisotopic (exact) mass is 675 g/mol. The van der Waals surface area contributed by atoms with Gasteiger partial charge in [-0.25, -0.2) is 4.79 Å². The zero-order valence-electron chi connectivity index (χ0n) is 27.6. The molecule has 258 valence electrons. The molecule has 1 amide bonds. The van der Waals surface area contributed by atoms with E-state index in [-0.39, 0.29) is 30.5 Å². The number of amides is 1. The first-order chi connectivity index (χ1) is 24.3. The highest BCUT2D eigenvalue weighted by molar-refractivity contribution is 5.87. The molecular weight excluding hydrogens is 634 g/mol. The number of nitrogens with one attached hydrogen (secondary N) is 2. The molecule has 11 nitrogen and oxygen atoms in total. The molecule has 3 fully saturated rings. The third-order valence-electron chi connectivity index (χ3n) is 9.97. The third kappa shape index (κ3) is 7.20. The largest absolute Gasteiger partial charge is 0.506 e. The number of phenols is 1. The lowest BCUT2D eigenvalue weighted by Crippen LogP contribution is -2.59. The maximum atomic E-state index is 13.0. The van der Waals surface area contributed by atoms with Crippen molar-refractivity contribution >= 4 is 17.0 Å². The van der Waals surface area contributed by atoms with Crippen molar-refractivity contribution in [1.29, 1.82) is 0 Å². The second-order valence-electron chi connectivity index (χ2n) is 13.2. The highest BCUT2D eigenvalue weighted by Gasteiger charge is 2.43. The standard InChI is InChI=1S/C39H41N5O6/c45-34-13-11-31(32-12-14-36(47)42-37(32)34)35(46)22-40-21-29-10-9-25(20-41-29)24-50-30-8-4-7-28(19-30)38(27-5-2-1-3-6-27)44(39(48)49)33-23-43-17-15-26(33)16-18-43/h1-14,19-20,26,33,35,38,40,45-46H,15-18,21-24H2,(H,42,47)(H,48,49)/t33-,35-,38-/m0/s1. The lowest BCUT2D eigenvalue weighted by Gasteiger charge is -2.50. The first-order valence-electron chi connectivity index (χ1n) is 17.0. The van der Waals surface area contributed by atoms with Crippen LogP contribution in [-0.2, 0) is 13.2 Å². The van der Waals surface area contributed by atoms with Gasteiger partial charge in [-0.3, -0.25) is 14.7 Å². The molecule has 2 bridgehead atoms. The molecule has 8 rings (SSSR count). The van der Waals surface area contributed by atoms with Crippen molar-refractivity contribution in [3.05, 3.63) is 135 Å². The normalized spacial score (nSPS) is 19.6. The molecule has 5 N–H and O–H groups in total. The molecule has 3 atom stereocenters. The SMILES string of the molecule is O=C(O)N([C@@H](c1ccccc1)c1cccc(OCc2ccc(CNC[C@H](O)c3ccc(O)c4[nH]c(=O)ccc34)nc2)c1)[C@H]1CN2CCC1CC2. The van der Waals surface area contributed by atoms with Crippen molar-refractivity contribution in [2.24, 2.45) is 5.92 Å². The molecule has 50 heavy (non-hydrogen) atoms. The fraction of sp³-hybridized carbons (Fsp3) is 0.308. The number of nitrogens with zero attached hydrogens (tertiary/aromatic N) is 3. The molecule has 3 aromatic carbocycles. The van der Waals surface area contributed by atoms with Crippen LogP contribution < -0.4 is 15.6 Å². The molecule has 0 spiro atoms. The molecular formula is C39H41N5O6. The van der Waals surface area contributed by atoms with E-state index in [2.05, 4.69) is 20.2 Å². The van der Waals surface area contributed by atoms with Gasteiger partial charge in [0.05, 0.1) is 29.4 Å². The lowest BCUT2D eigenvalue weighted by atomic mass is 9.81. The molecule has 0 saturated carbocycles. The number of ether oxygens (including phenoxy) is 1. The van der Waals surface area contributed by atoms with E-state index < -0.39 is 18.2 Å². The number of pyridine rings is 2. The Labute approximate surface area is 289 Å². The Balaban J connectivity index is 0.994. The Bertz CT molecular complexity index is 1990. The number of benzene rings is 3. The minimum atomic E-state index is -0.912. The second-order valence-corrected chi connectivity index (χ2v) is 13.2. The number of aromatic nitrogens is 2. The van der Waals surface area contributed by atoms with Gasteiger partial charge in [0, 0.05) is 42.8 Å². The number of aromatic amines is 1. The quantitative estimate of drug-likeness (QED) is 0.120. The summed E-state index contributed by atoms with van der Waals surface area (Å²) in [4.78, 5) is 35.9. The maximum Gasteiger partial charge on any atom is 0.408 e. The summed E-state index contributed by atoms with van der Waals surface area (Å²) in [7, 11) is 0. The highest BCUT2D eigenvalue weighted by Crippen LogP contribution is 2.39. The van der Waals surface area contributed by atoms with Crippen molar-refractivity contribution in [2.45, 2.75) is 44.2 Å². The van der Waals surface area contributed by atoms with Crippen LogP contribution in [-0.4, -0.2) is 73.4 Å². The van der Waals surface area contributed by atoms with E-state index in [0.29, 0.717) is 34.7 Å². The number of H-pyrrole nitrogens is 1. The van der Waals surface area contributed by atoms with E-state index in [1.807, 2.05) is 66.7 Å². The molecule has 5 aromatic rings. The van der Waals surface area contributed by atoms with Crippen LogP contribution >= 0.6 is 0 Å². The highest BCUT2D eigenvalue weighted by atomic mass is 16.5. The second kappa shape index (κ2) is 14.7. The molecule has 3 aliphatic rings. The number of aromatic hydroxyl groups is 1. The summed E-state index contributed by atoms with van der Waals surface area (Å²) in [6, 6.07) is 26.9. The summed E-state index contributed by atoms with van der Waals surface area (Å²) in [6.45, 7) is 3.78. The summed E-state index contributed by atoms with van der Waals surface area (Å²) in [5.41, 5.74) is 4.02. The minimum Gasteiger partial charge on any atom is -0.506 e. The Morgan fingerprint density at radius 1 is 1.00 bits per heavy atom. The van der Waals surface area contributed by atoms with Crippen LogP contribution in [0.1, 0.15) is 52.9 Å².